The maximum absolute atomic E-state index is 11.7. The van der Waals surface area contributed by atoms with Gasteiger partial charge in [-0.05, 0) is 43.3 Å². The number of anilines is 1. The molecule has 0 saturated carbocycles. The van der Waals surface area contributed by atoms with E-state index in [1.54, 1.807) is 36.4 Å². The molecule has 4 nitrogen and oxygen atoms in total. The Hall–Kier alpha value is -2.36. The van der Waals surface area contributed by atoms with E-state index < -0.39 is 0 Å². The minimum absolute atomic E-state index is 0.00321. The third kappa shape index (κ3) is 3.07. The predicted octanol–water partition coefficient (Wildman–Crippen LogP) is 2.66. The van der Waals surface area contributed by atoms with Crippen LogP contribution in [-0.4, -0.2) is 11.7 Å². The molecule has 0 unspecified atom stereocenters. The average molecular weight is 243 g/mol. The molecule has 1 N–H and O–H groups in total. The van der Waals surface area contributed by atoms with Crippen LogP contribution in [0.1, 0.15) is 23.0 Å². The number of amides is 1. The summed E-state index contributed by atoms with van der Waals surface area (Å²) < 4.78 is 5.09. The first-order valence-corrected chi connectivity index (χ1v) is 5.58. The highest BCUT2D eigenvalue weighted by Gasteiger charge is 2.06. The molecule has 1 aromatic carbocycles. The van der Waals surface area contributed by atoms with E-state index in [4.69, 9.17) is 4.42 Å². The molecule has 0 bridgehead atoms. The van der Waals surface area contributed by atoms with Crippen molar-refractivity contribution in [3.63, 3.8) is 0 Å². The van der Waals surface area contributed by atoms with Crippen molar-refractivity contribution in [2.45, 2.75) is 13.3 Å². The normalized spacial score (nSPS) is 10.1. The van der Waals surface area contributed by atoms with Crippen molar-refractivity contribution in [2.24, 2.45) is 0 Å². The summed E-state index contributed by atoms with van der Waals surface area (Å²) in [4.78, 5) is 22.8. The second-order valence-electron chi connectivity index (χ2n) is 3.94. The van der Waals surface area contributed by atoms with Gasteiger partial charge in [0.2, 0.25) is 5.91 Å². The average Bonchev–Trinajstić information content (AvgIpc) is 2.82. The van der Waals surface area contributed by atoms with Gasteiger partial charge in [-0.2, -0.15) is 0 Å². The molecule has 92 valence electrons. The lowest BCUT2D eigenvalue weighted by atomic mass is 10.1. The molecular weight excluding hydrogens is 230 g/mol. The molecule has 0 fully saturated rings. The van der Waals surface area contributed by atoms with Gasteiger partial charge in [0.15, 0.2) is 5.78 Å². The quantitative estimate of drug-likeness (QED) is 0.840. The molecule has 2 rings (SSSR count). The molecule has 0 aliphatic rings. The standard InChI is InChI=1S/C14H13NO3/c1-10(16)11-4-6-12(7-5-11)15-14(17)9-13-3-2-8-18-13/h2-8H,9H2,1H3,(H,15,17). The summed E-state index contributed by atoms with van der Waals surface area (Å²) in [7, 11) is 0. The topological polar surface area (TPSA) is 59.3 Å². The summed E-state index contributed by atoms with van der Waals surface area (Å²) >= 11 is 0. The van der Waals surface area contributed by atoms with E-state index >= 15 is 0 Å². The van der Waals surface area contributed by atoms with Gasteiger partial charge in [0.1, 0.15) is 5.76 Å². The number of hydrogen-bond donors (Lipinski definition) is 1. The lowest BCUT2D eigenvalue weighted by Gasteiger charge is -2.04. The Bertz CT molecular complexity index is 541. The number of furan rings is 1. The minimum atomic E-state index is -0.152. The van der Waals surface area contributed by atoms with Gasteiger partial charge in [0.25, 0.3) is 0 Å². The van der Waals surface area contributed by atoms with Crippen molar-refractivity contribution >= 4 is 17.4 Å². The highest BCUT2D eigenvalue weighted by molar-refractivity contribution is 5.95. The second kappa shape index (κ2) is 5.31. The molecule has 1 aromatic heterocycles. The Morgan fingerprint density at radius 2 is 1.89 bits per heavy atom. The van der Waals surface area contributed by atoms with Gasteiger partial charge in [-0.25, -0.2) is 0 Å². The third-order valence-electron chi connectivity index (χ3n) is 2.49. The van der Waals surface area contributed by atoms with Crippen molar-refractivity contribution in [3.05, 3.63) is 54.0 Å². The Balaban J connectivity index is 1.97. The van der Waals surface area contributed by atoms with E-state index in [-0.39, 0.29) is 18.1 Å². The summed E-state index contributed by atoms with van der Waals surface area (Å²) in [5.74, 6) is 0.469. The number of nitrogens with one attached hydrogen (secondary N) is 1. The van der Waals surface area contributed by atoms with Gasteiger partial charge >= 0.3 is 0 Å². The van der Waals surface area contributed by atoms with Crippen LogP contribution < -0.4 is 5.32 Å². The summed E-state index contributed by atoms with van der Waals surface area (Å²) in [6.07, 6.45) is 1.73. The molecule has 18 heavy (non-hydrogen) atoms. The molecule has 0 atom stereocenters. The molecular formula is C14H13NO3. The zero-order valence-corrected chi connectivity index (χ0v) is 9.97. The number of rotatable bonds is 4. The number of hydrogen-bond acceptors (Lipinski definition) is 3. The Kier molecular flexibility index (Phi) is 3.57. The van der Waals surface area contributed by atoms with Crippen LogP contribution in [0, 0.1) is 0 Å². The van der Waals surface area contributed by atoms with Crippen molar-refractivity contribution < 1.29 is 14.0 Å². The monoisotopic (exact) mass is 243 g/mol. The fourth-order valence-corrected chi connectivity index (χ4v) is 1.56. The van der Waals surface area contributed by atoms with Crippen LogP contribution in [0.4, 0.5) is 5.69 Å². The van der Waals surface area contributed by atoms with Gasteiger partial charge in [0.05, 0.1) is 12.7 Å². The van der Waals surface area contributed by atoms with E-state index in [1.807, 2.05) is 0 Å². The van der Waals surface area contributed by atoms with E-state index in [2.05, 4.69) is 5.32 Å². The summed E-state index contributed by atoms with van der Waals surface area (Å²) in [6, 6.07) is 10.3. The van der Waals surface area contributed by atoms with Crippen LogP contribution >= 0.6 is 0 Å². The minimum Gasteiger partial charge on any atom is -0.469 e. The molecule has 0 saturated heterocycles. The second-order valence-corrected chi connectivity index (χ2v) is 3.94. The van der Waals surface area contributed by atoms with Crippen LogP contribution in [0.2, 0.25) is 0 Å². The molecule has 0 radical (unpaired) electrons. The lowest BCUT2D eigenvalue weighted by Crippen LogP contribution is -2.13. The number of carbonyl (C=O) groups is 2. The summed E-state index contributed by atoms with van der Waals surface area (Å²) in [5, 5.41) is 2.74. The van der Waals surface area contributed by atoms with Gasteiger partial charge in [-0.3, -0.25) is 9.59 Å². The predicted molar refractivity (Wildman–Crippen MR) is 67.5 cm³/mol. The zero-order valence-electron chi connectivity index (χ0n) is 9.97. The van der Waals surface area contributed by atoms with Crippen LogP contribution in [0.3, 0.4) is 0 Å². The maximum atomic E-state index is 11.7. The van der Waals surface area contributed by atoms with Crippen molar-refractivity contribution in [2.75, 3.05) is 5.32 Å². The Morgan fingerprint density at radius 1 is 1.17 bits per heavy atom. The van der Waals surface area contributed by atoms with Crippen molar-refractivity contribution in [1.82, 2.24) is 0 Å². The van der Waals surface area contributed by atoms with Gasteiger partial charge in [0, 0.05) is 11.3 Å². The van der Waals surface area contributed by atoms with Gasteiger partial charge in [-0.15, -0.1) is 0 Å². The Labute approximate surface area is 105 Å². The van der Waals surface area contributed by atoms with E-state index in [0.29, 0.717) is 17.0 Å². The maximum Gasteiger partial charge on any atom is 0.231 e. The highest BCUT2D eigenvalue weighted by atomic mass is 16.3. The molecule has 4 heteroatoms. The van der Waals surface area contributed by atoms with Crippen molar-refractivity contribution in [3.8, 4) is 0 Å². The summed E-state index contributed by atoms with van der Waals surface area (Å²) in [6.45, 7) is 1.50. The van der Waals surface area contributed by atoms with Crippen LogP contribution in [0.15, 0.2) is 47.1 Å². The zero-order chi connectivity index (χ0) is 13.0. The first-order chi connectivity index (χ1) is 8.65. The largest absolute Gasteiger partial charge is 0.469 e. The first-order valence-electron chi connectivity index (χ1n) is 5.58. The fraction of sp³-hybridized carbons (Fsp3) is 0.143. The number of carbonyl (C=O) groups excluding carboxylic acids is 2. The van der Waals surface area contributed by atoms with Gasteiger partial charge in [-0.1, -0.05) is 0 Å². The van der Waals surface area contributed by atoms with Gasteiger partial charge < -0.3 is 9.73 Å². The number of ketones is 1. The van der Waals surface area contributed by atoms with Crippen LogP contribution in [0.25, 0.3) is 0 Å². The molecule has 1 heterocycles. The molecule has 0 spiro atoms. The molecule has 2 aromatic rings. The molecule has 0 aliphatic carbocycles. The van der Waals surface area contributed by atoms with E-state index in [9.17, 15) is 9.59 Å². The first kappa shape index (κ1) is 12.1. The molecule has 1 amide bonds. The highest BCUT2D eigenvalue weighted by Crippen LogP contribution is 2.11. The third-order valence-corrected chi connectivity index (χ3v) is 2.49. The SMILES string of the molecule is CC(=O)c1ccc(NC(=O)Cc2ccco2)cc1. The number of benzene rings is 1. The van der Waals surface area contributed by atoms with Crippen LogP contribution in [0.5, 0.6) is 0 Å². The Morgan fingerprint density at radius 3 is 2.44 bits per heavy atom. The van der Waals surface area contributed by atoms with E-state index in [1.165, 1.54) is 13.2 Å². The smallest absolute Gasteiger partial charge is 0.231 e. The lowest BCUT2D eigenvalue weighted by molar-refractivity contribution is -0.115. The fourth-order valence-electron chi connectivity index (χ4n) is 1.56. The van der Waals surface area contributed by atoms with Crippen LogP contribution in [-0.2, 0) is 11.2 Å². The molecule has 0 aliphatic heterocycles. The van der Waals surface area contributed by atoms with E-state index in [0.717, 1.165) is 0 Å². The number of Topliss-reactive ketones (excluding diaryl/α,β-unsaturated/α-hetero) is 1. The van der Waals surface area contributed by atoms with Crippen molar-refractivity contribution in [1.29, 1.82) is 0 Å². The summed E-state index contributed by atoms with van der Waals surface area (Å²) in [5.41, 5.74) is 1.29.